The van der Waals surface area contributed by atoms with Crippen molar-refractivity contribution in [2.75, 3.05) is 19.7 Å². The minimum absolute atomic E-state index is 0.00287. The minimum atomic E-state index is -1.02. The van der Waals surface area contributed by atoms with Gasteiger partial charge in [-0.15, -0.1) is 0 Å². The Morgan fingerprint density at radius 1 is 1.18 bits per heavy atom. The smallest absolute Gasteiger partial charge is 0.171 e. The summed E-state index contributed by atoms with van der Waals surface area (Å²) in [5.41, 5.74) is 0.106. The lowest BCUT2D eigenvalue weighted by Crippen LogP contribution is -2.73. The third-order valence-corrected chi connectivity index (χ3v) is 10.0. The normalized spacial score (nSPS) is 47.7. The van der Waals surface area contributed by atoms with E-state index in [1.165, 1.54) is 17.6 Å². The van der Waals surface area contributed by atoms with E-state index in [4.69, 9.17) is 14.2 Å². The van der Waals surface area contributed by atoms with Crippen LogP contribution in [0.4, 0.5) is 0 Å². The Morgan fingerprint density at radius 2 is 1.97 bits per heavy atom. The molecule has 4 fully saturated rings. The molecule has 1 unspecified atom stereocenters. The van der Waals surface area contributed by atoms with Crippen molar-refractivity contribution >= 4 is 0 Å². The van der Waals surface area contributed by atoms with E-state index in [0.29, 0.717) is 25.5 Å². The first-order valence-electron chi connectivity index (χ1n) is 13.4. The van der Waals surface area contributed by atoms with Gasteiger partial charge in [0.05, 0.1) is 17.8 Å². The second kappa shape index (κ2) is 8.56. The molecule has 0 aromatic carbocycles. The molecule has 0 aromatic heterocycles. The third-order valence-electron chi connectivity index (χ3n) is 10.0. The van der Waals surface area contributed by atoms with E-state index in [1.807, 2.05) is 0 Å². The van der Waals surface area contributed by atoms with E-state index in [1.54, 1.807) is 0 Å². The first-order chi connectivity index (χ1) is 15.6. The second-order valence-electron chi connectivity index (χ2n) is 12.1. The van der Waals surface area contributed by atoms with Gasteiger partial charge in [0.25, 0.3) is 0 Å². The first-order valence-corrected chi connectivity index (χ1v) is 13.4. The Bertz CT molecular complexity index is 782. The number of nitrogens with zero attached hydrogens (tertiary/aromatic N) is 1. The molecule has 5 aliphatic rings. The Labute approximate surface area is 199 Å². The molecule has 0 radical (unpaired) electrons. The number of allylic oxidation sites excluding steroid dienone is 1. The molecule has 33 heavy (non-hydrogen) atoms. The van der Waals surface area contributed by atoms with Crippen molar-refractivity contribution in [3.8, 4) is 0 Å². The zero-order valence-corrected chi connectivity index (χ0v) is 21.3. The number of ether oxygens (including phenoxy) is 3. The molecule has 1 saturated carbocycles. The quantitative estimate of drug-likeness (QED) is 0.612. The summed E-state index contributed by atoms with van der Waals surface area (Å²) >= 11 is 0. The van der Waals surface area contributed by atoms with E-state index >= 15 is 0 Å². The molecule has 0 aromatic rings. The Morgan fingerprint density at radius 3 is 2.58 bits per heavy atom. The van der Waals surface area contributed by atoms with Crippen molar-refractivity contribution in [3.63, 3.8) is 0 Å². The fraction of sp³-hybridized carbons (Fsp3) is 0.926. The molecule has 6 nitrogen and oxygen atoms in total. The molecule has 3 aliphatic heterocycles. The van der Waals surface area contributed by atoms with Crippen molar-refractivity contribution in [1.82, 2.24) is 4.90 Å². The molecule has 0 spiro atoms. The van der Waals surface area contributed by atoms with Crippen LogP contribution in [-0.2, 0) is 14.2 Å². The maximum absolute atomic E-state index is 13.5. The van der Waals surface area contributed by atoms with Gasteiger partial charge in [-0.1, -0.05) is 44.8 Å². The highest BCUT2D eigenvalue weighted by molar-refractivity contribution is 5.33. The van der Waals surface area contributed by atoms with Crippen LogP contribution in [0.2, 0.25) is 0 Å². The van der Waals surface area contributed by atoms with Crippen LogP contribution in [0.1, 0.15) is 86.0 Å². The Kier molecular flexibility index (Phi) is 6.28. The van der Waals surface area contributed by atoms with Gasteiger partial charge in [0.15, 0.2) is 6.29 Å². The minimum Gasteiger partial charge on any atom is -0.846 e. The van der Waals surface area contributed by atoms with Crippen LogP contribution in [0.5, 0.6) is 0 Å². The van der Waals surface area contributed by atoms with E-state index in [0.717, 1.165) is 45.2 Å². The molecule has 3 heterocycles. The van der Waals surface area contributed by atoms with Crippen molar-refractivity contribution in [2.24, 2.45) is 11.3 Å². The van der Waals surface area contributed by atoms with E-state index in [9.17, 15) is 10.2 Å². The van der Waals surface area contributed by atoms with Gasteiger partial charge in [0, 0.05) is 31.2 Å². The summed E-state index contributed by atoms with van der Waals surface area (Å²) < 4.78 is 18.6. The standard InChI is InChI=1S/C27H44NO5/c1-6-20-24(33-22(32-20)15-28-13-11-18(28)3)23-17(2)10-12-26(29,25(23,4)5)14-19-8-7-9-21-27(19,30)16-31-21/h18-22,24,29H,6-16H2,1-5H3/q-1/t18-,19?,20-,21+,22-,24-,26+,27+/m0/s1. The van der Waals surface area contributed by atoms with E-state index in [-0.39, 0.29) is 30.5 Å². The summed E-state index contributed by atoms with van der Waals surface area (Å²) in [6.45, 7) is 13.2. The molecule has 6 heteroatoms. The van der Waals surface area contributed by atoms with Gasteiger partial charge in [0.1, 0.15) is 6.10 Å². The predicted octanol–water partition coefficient (Wildman–Crippen LogP) is 3.16. The average Bonchev–Trinajstić information content (AvgIpc) is 3.16. The average molecular weight is 463 g/mol. The molecule has 188 valence electrons. The lowest BCUT2D eigenvalue weighted by atomic mass is 9.55. The highest BCUT2D eigenvalue weighted by Gasteiger charge is 2.57. The number of fused-ring (bicyclic) bond motifs is 1. The lowest BCUT2D eigenvalue weighted by molar-refractivity contribution is -0.564. The zero-order valence-electron chi connectivity index (χ0n) is 21.3. The second-order valence-corrected chi connectivity index (χ2v) is 12.1. The summed E-state index contributed by atoms with van der Waals surface area (Å²) in [5, 5.41) is 25.7. The maximum Gasteiger partial charge on any atom is 0.171 e. The fourth-order valence-corrected chi connectivity index (χ4v) is 7.36. The summed E-state index contributed by atoms with van der Waals surface area (Å²) in [5.74, 6) is -0.0303. The highest BCUT2D eigenvalue weighted by atomic mass is 16.7. The summed E-state index contributed by atoms with van der Waals surface area (Å²) in [6, 6.07) is 0.600. The van der Waals surface area contributed by atoms with E-state index < -0.39 is 16.6 Å². The largest absolute Gasteiger partial charge is 0.846 e. The molecule has 0 amide bonds. The molecular formula is C27H44NO5-. The number of hydrogen-bond donors (Lipinski definition) is 1. The van der Waals surface area contributed by atoms with Crippen molar-refractivity contribution in [3.05, 3.63) is 11.1 Å². The lowest BCUT2D eigenvalue weighted by Gasteiger charge is -2.64. The van der Waals surface area contributed by atoms with Crippen LogP contribution in [0.25, 0.3) is 0 Å². The van der Waals surface area contributed by atoms with Gasteiger partial charge in [-0.3, -0.25) is 4.90 Å². The monoisotopic (exact) mass is 462 g/mol. The molecule has 0 bridgehead atoms. The van der Waals surface area contributed by atoms with Gasteiger partial charge in [0.2, 0.25) is 0 Å². The van der Waals surface area contributed by atoms with Crippen LogP contribution in [0.15, 0.2) is 11.1 Å². The zero-order chi connectivity index (χ0) is 23.6. The summed E-state index contributed by atoms with van der Waals surface area (Å²) in [6.07, 6.45) is 6.50. The third kappa shape index (κ3) is 3.84. The van der Waals surface area contributed by atoms with Crippen LogP contribution in [0.3, 0.4) is 0 Å². The van der Waals surface area contributed by atoms with Crippen LogP contribution < -0.4 is 5.11 Å². The van der Waals surface area contributed by atoms with Gasteiger partial charge in [-0.25, -0.2) is 0 Å². The predicted molar refractivity (Wildman–Crippen MR) is 125 cm³/mol. The molecule has 1 N–H and O–H groups in total. The Balaban J connectivity index is 1.37. The van der Waals surface area contributed by atoms with Gasteiger partial charge >= 0.3 is 0 Å². The summed E-state index contributed by atoms with van der Waals surface area (Å²) in [4.78, 5) is 2.43. The molecule has 2 aliphatic carbocycles. The molecular weight excluding hydrogens is 418 g/mol. The van der Waals surface area contributed by atoms with Crippen LogP contribution >= 0.6 is 0 Å². The van der Waals surface area contributed by atoms with Crippen molar-refractivity contribution in [2.45, 2.75) is 128 Å². The van der Waals surface area contributed by atoms with E-state index in [2.05, 4.69) is 39.5 Å². The van der Waals surface area contributed by atoms with Crippen molar-refractivity contribution < 1.29 is 24.4 Å². The first kappa shape index (κ1) is 24.2. The molecule has 5 rings (SSSR count). The molecule has 8 atom stereocenters. The number of likely N-dealkylation sites (tertiary alicyclic amines) is 1. The van der Waals surface area contributed by atoms with Gasteiger partial charge in [-0.2, -0.15) is 0 Å². The highest BCUT2D eigenvalue weighted by Crippen LogP contribution is 2.55. The van der Waals surface area contributed by atoms with Crippen molar-refractivity contribution in [1.29, 1.82) is 0 Å². The van der Waals surface area contributed by atoms with Crippen LogP contribution in [0, 0.1) is 11.3 Å². The van der Waals surface area contributed by atoms with Crippen LogP contribution in [-0.4, -0.2) is 71.5 Å². The fourth-order valence-electron chi connectivity index (χ4n) is 7.36. The number of aliphatic hydroxyl groups is 1. The Hall–Kier alpha value is -0.500. The van der Waals surface area contributed by atoms with Gasteiger partial charge < -0.3 is 24.4 Å². The SMILES string of the molecule is CC[C@@H]1O[C@H](CN2CC[C@@H]2C)O[C@@H]1C1=C(C)CC[C@@](O)(CC2CCC[C@H]3OC[C@@]23[O-])C1(C)C. The maximum atomic E-state index is 13.5. The number of hydrogen-bond acceptors (Lipinski definition) is 6. The van der Waals surface area contributed by atoms with Gasteiger partial charge in [-0.05, 0) is 63.9 Å². The topological polar surface area (TPSA) is 74.2 Å². The number of rotatable bonds is 6. The summed E-state index contributed by atoms with van der Waals surface area (Å²) in [7, 11) is 0. The molecule has 3 saturated heterocycles.